The molecular formula is C31H26N2O4. The molecule has 1 aromatic heterocycles. The highest BCUT2D eigenvalue weighted by atomic mass is 16.5. The Balaban J connectivity index is 1.57. The molecule has 1 N–H and O–H groups in total. The number of para-hydroxylation sites is 2. The molecule has 6 heteroatoms. The van der Waals surface area contributed by atoms with E-state index < -0.39 is 6.04 Å². The first-order valence-corrected chi connectivity index (χ1v) is 12.3. The minimum Gasteiger partial charge on any atom is -0.497 e. The van der Waals surface area contributed by atoms with Gasteiger partial charge in [0.05, 0.1) is 30.8 Å². The lowest BCUT2D eigenvalue weighted by Crippen LogP contribution is -2.38. The molecule has 3 aromatic carbocycles. The third kappa shape index (κ3) is 4.10. The average Bonchev–Trinajstić information content (AvgIpc) is 3.43. The van der Waals surface area contributed by atoms with Crippen molar-refractivity contribution in [3.05, 3.63) is 125 Å². The first kappa shape index (κ1) is 22.9. The third-order valence-electron chi connectivity index (χ3n) is 7.11. The van der Waals surface area contributed by atoms with Crippen LogP contribution >= 0.6 is 0 Å². The highest BCUT2D eigenvalue weighted by Gasteiger charge is 2.42. The van der Waals surface area contributed by atoms with Crippen LogP contribution in [0.3, 0.4) is 0 Å². The van der Waals surface area contributed by atoms with Crippen LogP contribution in [0.1, 0.15) is 46.5 Å². The highest BCUT2D eigenvalue weighted by molar-refractivity contribution is 6.12. The zero-order chi connectivity index (χ0) is 25.4. The van der Waals surface area contributed by atoms with Crippen LogP contribution in [-0.2, 0) is 4.79 Å². The van der Waals surface area contributed by atoms with Crippen LogP contribution in [0.5, 0.6) is 5.75 Å². The Morgan fingerprint density at radius 2 is 1.68 bits per heavy atom. The van der Waals surface area contributed by atoms with Gasteiger partial charge in [-0.15, -0.1) is 0 Å². The van der Waals surface area contributed by atoms with Gasteiger partial charge in [-0.05, 0) is 60.5 Å². The summed E-state index contributed by atoms with van der Waals surface area (Å²) in [7, 11) is 1.62. The van der Waals surface area contributed by atoms with Gasteiger partial charge in [-0.25, -0.2) is 0 Å². The smallest absolute Gasteiger partial charge is 0.259 e. The second-order valence-corrected chi connectivity index (χ2v) is 9.30. The van der Waals surface area contributed by atoms with Gasteiger partial charge >= 0.3 is 0 Å². The fourth-order valence-electron chi connectivity index (χ4n) is 5.36. The summed E-state index contributed by atoms with van der Waals surface area (Å²) in [5, 5.41) is 3.54. The van der Waals surface area contributed by atoms with E-state index in [4.69, 9.17) is 9.15 Å². The molecular weight excluding hydrogens is 464 g/mol. The molecule has 37 heavy (non-hydrogen) atoms. The zero-order valence-electron chi connectivity index (χ0n) is 20.4. The molecule has 0 saturated heterocycles. The first-order chi connectivity index (χ1) is 18.1. The molecule has 0 bridgehead atoms. The predicted octanol–water partition coefficient (Wildman–Crippen LogP) is 6.50. The van der Waals surface area contributed by atoms with E-state index in [2.05, 4.69) is 5.32 Å². The van der Waals surface area contributed by atoms with Crippen molar-refractivity contribution in [2.24, 2.45) is 0 Å². The molecule has 0 spiro atoms. The Kier molecular flexibility index (Phi) is 5.85. The number of fused-ring (bicyclic) bond motifs is 1. The number of amides is 1. The van der Waals surface area contributed by atoms with E-state index in [-0.39, 0.29) is 17.6 Å². The lowest BCUT2D eigenvalue weighted by Gasteiger charge is -2.35. The van der Waals surface area contributed by atoms with E-state index in [0.717, 1.165) is 22.7 Å². The summed E-state index contributed by atoms with van der Waals surface area (Å²) in [4.78, 5) is 29.9. The van der Waals surface area contributed by atoms with Crippen molar-refractivity contribution in [3.63, 3.8) is 0 Å². The normalized spacial score (nSPS) is 18.9. The minimum atomic E-state index is -0.616. The average molecular weight is 491 g/mol. The Hall–Kier alpha value is -4.58. The second-order valence-electron chi connectivity index (χ2n) is 9.30. The SMILES string of the molecule is COc1ccc(C2C3=C(CC(c4ccco4)CC3=O)Nc3ccccc3N2C(=O)c2ccccc2)cc1. The fourth-order valence-corrected chi connectivity index (χ4v) is 5.36. The molecule has 184 valence electrons. The Morgan fingerprint density at radius 1 is 0.919 bits per heavy atom. The molecule has 0 saturated carbocycles. The van der Waals surface area contributed by atoms with E-state index in [1.165, 1.54) is 0 Å². The minimum absolute atomic E-state index is 0.00497. The molecule has 6 rings (SSSR count). The van der Waals surface area contributed by atoms with Gasteiger partial charge in [0, 0.05) is 29.2 Å². The molecule has 2 aliphatic rings. The number of nitrogens with one attached hydrogen (secondary N) is 1. The molecule has 2 heterocycles. The van der Waals surface area contributed by atoms with Gasteiger partial charge in [0.15, 0.2) is 5.78 Å². The van der Waals surface area contributed by atoms with E-state index in [0.29, 0.717) is 35.4 Å². The first-order valence-electron chi connectivity index (χ1n) is 12.3. The molecule has 0 fully saturated rings. The van der Waals surface area contributed by atoms with Crippen LogP contribution in [0.2, 0.25) is 0 Å². The topological polar surface area (TPSA) is 71.8 Å². The molecule has 2 atom stereocenters. The summed E-state index contributed by atoms with van der Waals surface area (Å²) in [5.74, 6) is 1.24. The number of methoxy groups -OCH3 is 1. The van der Waals surface area contributed by atoms with Gasteiger partial charge in [-0.3, -0.25) is 14.5 Å². The van der Waals surface area contributed by atoms with Crippen molar-refractivity contribution >= 4 is 23.1 Å². The number of hydrogen-bond donors (Lipinski definition) is 1. The number of anilines is 2. The maximum atomic E-state index is 14.2. The number of rotatable bonds is 4. The van der Waals surface area contributed by atoms with Crippen molar-refractivity contribution in [1.29, 1.82) is 0 Å². The molecule has 1 aliphatic heterocycles. The molecule has 4 aromatic rings. The number of benzene rings is 3. The highest BCUT2D eigenvalue weighted by Crippen LogP contribution is 2.48. The number of carbonyl (C=O) groups is 2. The number of nitrogens with zero attached hydrogens (tertiary/aromatic N) is 1. The maximum absolute atomic E-state index is 14.2. The van der Waals surface area contributed by atoms with Gasteiger partial charge in [0.2, 0.25) is 0 Å². The third-order valence-corrected chi connectivity index (χ3v) is 7.11. The number of ether oxygens (including phenoxy) is 1. The molecule has 1 aliphatic carbocycles. The second kappa shape index (κ2) is 9.47. The lowest BCUT2D eigenvalue weighted by molar-refractivity contribution is -0.116. The monoisotopic (exact) mass is 490 g/mol. The van der Waals surface area contributed by atoms with Crippen molar-refractivity contribution in [2.45, 2.75) is 24.8 Å². The fraction of sp³-hybridized carbons (Fsp3) is 0.161. The van der Waals surface area contributed by atoms with Crippen LogP contribution in [0.15, 0.2) is 113 Å². The Morgan fingerprint density at radius 3 is 2.41 bits per heavy atom. The zero-order valence-corrected chi connectivity index (χ0v) is 20.4. The standard InChI is InChI=1S/C31H26N2O4/c1-36-23-15-13-20(14-16-23)30-29-25(18-22(19-27(29)34)28-12-7-17-37-28)32-24-10-5-6-11-26(24)33(30)31(35)21-8-3-2-4-9-21/h2-17,22,30,32H,18-19H2,1H3. The van der Waals surface area contributed by atoms with Crippen LogP contribution in [0, 0.1) is 0 Å². The summed E-state index contributed by atoms with van der Waals surface area (Å²) in [5.41, 5.74) is 4.30. The summed E-state index contributed by atoms with van der Waals surface area (Å²) in [6.45, 7) is 0. The van der Waals surface area contributed by atoms with Crippen LogP contribution in [0.4, 0.5) is 11.4 Å². The summed E-state index contributed by atoms with van der Waals surface area (Å²) >= 11 is 0. The number of Topliss-reactive ketones (excluding diaryl/α,β-unsaturated/α-hetero) is 1. The summed E-state index contributed by atoms with van der Waals surface area (Å²) in [6, 6.07) is 27.6. The van der Waals surface area contributed by atoms with Gasteiger partial charge in [-0.1, -0.05) is 42.5 Å². The number of furan rings is 1. The van der Waals surface area contributed by atoms with Crippen LogP contribution in [0.25, 0.3) is 0 Å². The van der Waals surface area contributed by atoms with Gasteiger partial charge in [0.1, 0.15) is 11.5 Å². The van der Waals surface area contributed by atoms with E-state index in [1.54, 1.807) is 30.4 Å². The number of allylic oxidation sites excluding steroid dienone is 1. The maximum Gasteiger partial charge on any atom is 0.259 e. The summed E-state index contributed by atoms with van der Waals surface area (Å²) < 4.78 is 11.1. The van der Waals surface area contributed by atoms with Crippen LogP contribution in [-0.4, -0.2) is 18.8 Å². The van der Waals surface area contributed by atoms with E-state index >= 15 is 0 Å². The van der Waals surface area contributed by atoms with Gasteiger partial charge in [-0.2, -0.15) is 0 Å². The number of hydrogen-bond acceptors (Lipinski definition) is 5. The van der Waals surface area contributed by atoms with Crippen molar-refractivity contribution in [3.8, 4) is 5.75 Å². The largest absolute Gasteiger partial charge is 0.497 e. The van der Waals surface area contributed by atoms with Crippen LogP contribution < -0.4 is 15.0 Å². The predicted molar refractivity (Wildman–Crippen MR) is 142 cm³/mol. The molecule has 2 unspecified atom stereocenters. The van der Waals surface area contributed by atoms with Crippen molar-refractivity contribution < 1.29 is 18.7 Å². The Bertz CT molecular complexity index is 1470. The Labute approximate surface area is 215 Å². The number of carbonyl (C=O) groups excluding carboxylic acids is 2. The van der Waals surface area contributed by atoms with Crippen molar-refractivity contribution in [2.75, 3.05) is 17.3 Å². The number of ketones is 1. The molecule has 0 radical (unpaired) electrons. The summed E-state index contributed by atoms with van der Waals surface area (Å²) in [6.07, 6.45) is 2.55. The van der Waals surface area contributed by atoms with Crippen molar-refractivity contribution in [1.82, 2.24) is 0 Å². The lowest BCUT2D eigenvalue weighted by atomic mass is 9.80. The molecule has 6 nitrogen and oxygen atoms in total. The van der Waals surface area contributed by atoms with E-state index in [1.807, 2.05) is 78.9 Å². The van der Waals surface area contributed by atoms with Gasteiger partial charge < -0.3 is 14.5 Å². The molecule has 1 amide bonds. The van der Waals surface area contributed by atoms with E-state index in [9.17, 15) is 9.59 Å². The van der Waals surface area contributed by atoms with Gasteiger partial charge in [0.25, 0.3) is 5.91 Å². The quantitative estimate of drug-likeness (QED) is 0.353.